The van der Waals surface area contributed by atoms with Gasteiger partial charge in [0.25, 0.3) is 0 Å². The molecule has 0 aliphatic carbocycles. The Labute approximate surface area is 145 Å². The number of nitrogen functional groups attached to an aromatic ring is 1. The van der Waals surface area contributed by atoms with Crippen LogP contribution in [0.25, 0.3) is 27.6 Å². The van der Waals surface area contributed by atoms with Gasteiger partial charge in [0, 0.05) is 17.3 Å². The lowest BCUT2D eigenvalue weighted by Gasteiger charge is -2.05. The zero-order valence-electron chi connectivity index (χ0n) is 13.5. The van der Waals surface area contributed by atoms with Gasteiger partial charge >= 0.3 is 0 Å². The Morgan fingerprint density at radius 3 is 2.48 bits per heavy atom. The predicted octanol–water partition coefficient (Wildman–Crippen LogP) is 4.87. The lowest BCUT2D eigenvalue weighted by Crippen LogP contribution is -1.96. The summed E-state index contributed by atoms with van der Waals surface area (Å²) >= 11 is 0. The first-order valence-corrected chi connectivity index (χ1v) is 8.07. The maximum atomic E-state index is 12.6. The van der Waals surface area contributed by atoms with Crippen molar-refractivity contribution in [3.8, 4) is 0 Å². The molecule has 0 unspecified atom stereocenters. The maximum Gasteiger partial charge on any atom is 0.185 e. The molecule has 0 aliphatic heterocycles. The fraction of sp³-hybridized carbons (Fsp3) is 0. The number of hydrogen-bond donors (Lipinski definition) is 1. The molecule has 0 saturated carbocycles. The van der Waals surface area contributed by atoms with Crippen LogP contribution in [-0.4, -0.2) is 10.8 Å². The zero-order valence-corrected chi connectivity index (χ0v) is 13.5. The monoisotopic (exact) mass is 324 g/mol. The van der Waals surface area contributed by atoms with E-state index in [2.05, 4.69) is 29.2 Å². The van der Waals surface area contributed by atoms with E-state index in [1.54, 1.807) is 24.4 Å². The summed E-state index contributed by atoms with van der Waals surface area (Å²) in [7, 11) is 0. The predicted molar refractivity (Wildman–Crippen MR) is 103 cm³/mol. The molecule has 4 aromatic rings. The number of benzene rings is 3. The van der Waals surface area contributed by atoms with Crippen molar-refractivity contribution in [1.29, 1.82) is 0 Å². The van der Waals surface area contributed by atoms with Gasteiger partial charge in [0.15, 0.2) is 5.78 Å². The first-order valence-electron chi connectivity index (χ1n) is 8.07. The summed E-state index contributed by atoms with van der Waals surface area (Å²) in [5, 5.41) is 4.52. The van der Waals surface area contributed by atoms with E-state index in [1.807, 2.05) is 36.4 Å². The molecule has 0 amide bonds. The lowest BCUT2D eigenvalue weighted by molar-refractivity contribution is 0.104. The summed E-state index contributed by atoms with van der Waals surface area (Å²) in [6, 6.07) is 21.8. The summed E-state index contributed by atoms with van der Waals surface area (Å²) in [5.41, 5.74) is 7.20. The van der Waals surface area contributed by atoms with Crippen molar-refractivity contribution in [2.75, 3.05) is 5.73 Å². The van der Waals surface area contributed by atoms with E-state index in [1.165, 1.54) is 5.39 Å². The number of fused-ring (bicyclic) bond motifs is 3. The van der Waals surface area contributed by atoms with Crippen LogP contribution in [0.1, 0.15) is 15.9 Å². The molecule has 3 heteroatoms. The van der Waals surface area contributed by atoms with E-state index < -0.39 is 0 Å². The Morgan fingerprint density at radius 2 is 1.64 bits per heavy atom. The molecule has 2 N–H and O–H groups in total. The molecular formula is C22H16N2O. The molecule has 0 atom stereocenters. The van der Waals surface area contributed by atoms with Crippen LogP contribution in [0.3, 0.4) is 0 Å². The second-order valence-electron chi connectivity index (χ2n) is 5.90. The average molecular weight is 324 g/mol. The van der Waals surface area contributed by atoms with E-state index in [0.717, 1.165) is 21.7 Å². The third kappa shape index (κ3) is 2.88. The number of hydrogen-bond acceptors (Lipinski definition) is 3. The van der Waals surface area contributed by atoms with Crippen LogP contribution < -0.4 is 5.73 Å². The summed E-state index contributed by atoms with van der Waals surface area (Å²) < 4.78 is 0. The molecule has 0 saturated heterocycles. The first kappa shape index (κ1) is 15.1. The van der Waals surface area contributed by atoms with Crippen molar-refractivity contribution in [2.45, 2.75) is 0 Å². The molecular weight excluding hydrogens is 308 g/mol. The lowest BCUT2D eigenvalue weighted by atomic mass is 9.98. The number of pyridine rings is 1. The molecule has 0 spiro atoms. The van der Waals surface area contributed by atoms with Crippen LogP contribution in [0, 0.1) is 0 Å². The van der Waals surface area contributed by atoms with Crippen molar-refractivity contribution in [1.82, 2.24) is 4.98 Å². The molecule has 1 heterocycles. The van der Waals surface area contributed by atoms with Gasteiger partial charge < -0.3 is 5.73 Å². The molecule has 0 bridgehead atoms. The Morgan fingerprint density at radius 1 is 0.880 bits per heavy atom. The average Bonchev–Trinajstić information content (AvgIpc) is 2.66. The summed E-state index contributed by atoms with van der Waals surface area (Å²) in [5.74, 6) is 0.356. The highest BCUT2D eigenvalue weighted by atomic mass is 16.1. The SMILES string of the molecule is Nc1ncccc1/C=C/C(=O)c1ccc2ccc3ccccc3c2c1. The molecule has 25 heavy (non-hydrogen) atoms. The van der Waals surface area contributed by atoms with Gasteiger partial charge in [0.1, 0.15) is 5.82 Å². The van der Waals surface area contributed by atoms with Gasteiger partial charge in [-0.05, 0) is 51.9 Å². The van der Waals surface area contributed by atoms with Crippen LogP contribution in [0.5, 0.6) is 0 Å². The number of allylic oxidation sites excluding steroid dienone is 1. The van der Waals surface area contributed by atoms with Gasteiger partial charge in [-0.1, -0.05) is 48.5 Å². The number of ketones is 1. The van der Waals surface area contributed by atoms with E-state index in [9.17, 15) is 4.79 Å². The van der Waals surface area contributed by atoms with Crippen molar-refractivity contribution >= 4 is 39.2 Å². The first-order chi connectivity index (χ1) is 12.2. The molecule has 3 nitrogen and oxygen atoms in total. The van der Waals surface area contributed by atoms with Gasteiger partial charge in [0.2, 0.25) is 0 Å². The number of rotatable bonds is 3. The molecule has 0 fully saturated rings. The third-order valence-corrected chi connectivity index (χ3v) is 4.32. The maximum absolute atomic E-state index is 12.6. The minimum absolute atomic E-state index is 0.0573. The topological polar surface area (TPSA) is 56.0 Å². The fourth-order valence-electron chi connectivity index (χ4n) is 2.99. The minimum Gasteiger partial charge on any atom is -0.383 e. The van der Waals surface area contributed by atoms with Crippen LogP contribution in [0.2, 0.25) is 0 Å². The highest BCUT2D eigenvalue weighted by molar-refractivity contribution is 6.13. The highest BCUT2D eigenvalue weighted by Crippen LogP contribution is 2.26. The minimum atomic E-state index is -0.0573. The van der Waals surface area contributed by atoms with E-state index >= 15 is 0 Å². The second kappa shape index (κ2) is 6.21. The second-order valence-corrected chi connectivity index (χ2v) is 5.90. The summed E-state index contributed by atoms with van der Waals surface area (Å²) in [6.45, 7) is 0. The smallest absolute Gasteiger partial charge is 0.185 e. The van der Waals surface area contributed by atoms with E-state index in [0.29, 0.717) is 11.4 Å². The van der Waals surface area contributed by atoms with Gasteiger partial charge in [-0.25, -0.2) is 4.98 Å². The molecule has 120 valence electrons. The fourth-order valence-corrected chi connectivity index (χ4v) is 2.99. The van der Waals surface area contributed by atoms with Gasteiger partial charge in [-0.15, -0.1) is 0 Å². The third-order valence-electron chi connectivity index (χ3n) is 4.32. The van der Waals surface area contributed by atoms with Crippen LogP contribution in [0.15, 0.2) is 79.0 Å². The molecule has 4 rings (SSSR count). The zero-order chi connectivity index (χ0) is 17.2. The highest BCUT2D eigenvalue weighted by Gasteiger charge is 2.06. The van der Waals surface area contributed by atoms with Crippen LogP contribution in [0.4, 0.5) is 5.82 Å². The molecule has 3 aromatic carbocycles. The number of anilines is 1. The Kier molecular flexibility index (Phi) is 3.75. The van der Waals surface area contributed by atoms with Crippen molar-refractivity contribution < 1.29 is 4.79 Å². The Bertz CT molecular complexity index is 1130. The number of nitrogens with two attached hydrogens (primary N) is 1. The van der Waals surface area contributed by atoms with Crippen LogP contribution >= 0.6 is 0 Å². The van der Waals surface area contributed by atoms with Crippen molar-refractivity contribution in [3.05, 3.63) is 90.1 Å². The van der Waals surface area contributed by atoms with Gasteiger partial charge in [-0.2, -0.15) is 0 Å². The Balaban J connectivity index is 1.75. The van der Waals surface area contributed by atoms with Crippen molar-refractivity contribution in [2.24, 2.45) is 0 Å². The molecule has 0 radical (unpaired) electrons. The molecule has 1 aromatic heterocycles. The summed E-state index contributed by atoms with van der Waals surface area (Å²) in [4.78, 5) is 16.6. The van der Waals surface area contributed by atoms with Crippen LogP contribution in [-0.2, 0) is 0 Å². The quantitative estimate of drug-likeness (QED) is 0.332. The van der Waals surface area contributed by atoms with Crippen molar-refractivity contribution in [3.63, 3.8) is 0 Å². The normalized spacial score (nSPS) is 11.4. The van der Waals surface area contributed by atoms with Gasteiger partial charge in [-0.3, -0.25) is 4.79 Å². The number of carbonyl (C=O) groups is 1. The largest absolute Gasteiger partial charge is 0.383 e. The van der Waals surface area contributed by atoms with Gasteiger partial charge in [0.05, 0.1) is 0 Å². The number of aromatic nitrogens is 1. The summed E-state index contributed by atoms with van der Waals surface area (Å²) in [6.07, 6.45) is 4.88. The Hall–Kier alpha value is -3.46. The van der Waals surface area contributed by atoms with E-state index in [4.69, 9.17) is 5.73 Å². The molecule has 0 aliphatic rings. The standard InChI is InChI=1S/C22H16N2O/c23-22-17(5-3-13-24-22)11-12-21(25)18-10-9-16-8-7-15-4-1-2-6-19(15)20(16)14-18/h1-14H,(H2,23,24)/b12-11+. The van der Waals surface area contributed by atoms with E-state index in [-0.39, 0.29) is 5.78 Å². The number of carbonyl (C=O) groups excluding carboxylic acids is 1. The number of nitrogens with zero attached hydrogens (tertiary/aromatic N) is 1.